The summed E-state index contributed by atoms with van der Waals surface area (Å²) in [6.07, 6.45) is 2.05. The maximum Gasteiger partial charge on any atom is 0.252 e. The van der Waals surface area contributed by atoms with E-state index in [0.717, 1.165) is 25.9 Å². The molecule has 0 saturated carbocycles. The summed E-state index contributed by atoms with van der Waals surface area (Å²) in [4.78, 5) is 12.4. The molecule has 1 amide bonds. The lowest BCUT2D eigenvalue weighted by Gasteiger charge is -2.14. The van der Waals surface area contributed by atoms with Crippen LogP contribution in [-0.2, 0) is 9.84 Å². The van der Waals surface area contributed by atoms with E-state index in [0.29, 0.717) is 12.5 Å². The predicted octanol–water partition coefficient (Wildman–Crippen LogP) is 1.60. The van der Waals surface area contributed by atoms with Gasteiger partial charge in [0.05, 0.1) is 15.7 Å². The highest BCUT2D eigenvalue weighted by Gasteiger charge is 2.25. The molecular formula is C16H24N2O3S. The fourth-order valence-corrected chi connectivity index (χ4v) is 3.85. The number of benzene rings is 1. The van der Waals surface area contributed by atoms with Crippen LogP contribution in [0.2, 0.25) is 0 Å². The van der Waals surface area contributed by atoms with Crippen LogP contribution in [-0.4, -0.2) is 39.2 Å². The van der Waals surface area contributed by atoms with E-state index in [-0.39, 0.29) is 16.4 Å². The maximum absolute atomic E-state index is 12.4. The normalized spacial score (nSPS) is 18.6. The van der Waals surface area contributed by atoms with Gasteiger partial charge in [-0.2, -0.15) is 0 Å². The predicted molar refractivity (Wildman–Crippen MR) is 86.7 cm³/mol. The number of carbonyl (C=O) groups is 1. The molecule has 6 heteroatoms. The van der Waals surface area contributed by atoms with E-state index in [9.17, 15) is 13.2 Å². The van der Waals surface area contributed by atoms with Crippen LogP contribution in [0.3, 0.4) is 0 Å². The van der Waals surface area contributed by atoms with Gasteiger partial charge in [-0.15, -0.1) is 0 Å². The quantitative estimate of drug-likeness (QED) is 0.833. The number of carbonyl (C=O) groups excluding carboxylic acids is 1. The Hall–Kier alpha value is -1.40. The third-order valence-electron chi connectivity index (χ3n) is 4.06. The topological polar surface area (TPSA) is 75.3 Å². The van der Waals surface area contributed by atoms with Crippen molar-refractivity contribution in [1.82, 2.24) is 10.6 Å². The molecule has 5 nitrogen and oxygen atoms in total. The third kappa shape index (κ3) is 3.87. The first-order valence-corrected chi connectivity index (χ1v) is 9.29. The second-order valence-electron chi connectivity index (χ2n) is 5.99. The fraction of sp³-hybridized carbons (Fsp3) is 0.562. The molecule has 1 atom stereocenters. The Kier molecular flexibility index (Phi) is 5.58. The van der Waals surface area contributed by atoms with E-state index < -0.39 is 15.1 Å². The number of sulfone groups is 1. The van der Waals surface area contributed by atoms with Gasteiger partial charge in [0.15, 0.2) is 9.84 Å². The highest BCUT2D eigenvalue weighted by molar-refractivity contribution is 7.92. The van der Waals surface area contributed by atoms with Crippen molar-refractivity contribution in [3.05, 3.63) is 29.8 Å². The van der Waals surface area contributed by atoms with Crippen LogP contribution in [0, 0.1) is 5.92 Å². The molecule has 0 spiro atoms. The van der Waals surface area contributed by atoms with Gasteiger partial charge in [-0.05, 0) is 57.8 Å². The highest BCUT2D eigenvalue weighted by Crippen LogP contribution is 2.20. The third-order valence-corrected chi connectivity index (χ3v) is 6.27. The molecule has 0 bridgehead atoms. The van der Waals surface area contributed by atoms with Gasteiger partial charge >= 0.3 is 0 Å². The zero-order valence-electron chi connectivity index (χ0n) is 13.1. The van der Waals surface area contributed by atoms with Crippen LogP contribution < -0.4 is 10.6 Å². The number of amides is 1. The first-order chi connectivity index (χ1) is 10.4. The highest BCUT2D eigenvalue weighted by atomic mass is 32.2. The molecule has 1 unspecified atom stereocenters. The average Bonchev–Trinajstić information content (AvgIpc) is 3.00. The summed E-state index contributed by atoms with van der Waals surface area (Å²) >= 11 is 0. The first-order valence-electron chi connectivity index (χ1n) is 7.74. The molecule has 122 valence electrons. The Morgan fingerprint density at radius 2 is 2.09 bits per heavy atom. The zero-order chi connectivity index (χ0) is 16.2. The van der Waals surface area contributed by atoms with E-state index in [1.165, 1.54) is 6.07 Å². The largest absolute Gasteiger partial charge is 0.352 e. The first kappa shape index (κ1) is 17.0. The molecule has 1 aliphatic heterocycles. The van der Waals surface area contributed by atoms with E-state index >= 15 is 0 Å². The Balaban J connectivity index is 2.06. The summed E-state index contributed by atoms with van der Waals surface area (Å²) in [5.74, 6) is 0.278. The van der Waals surface area contributed by atoms with Crippen molar-refractivity contribution in [1.29, 1.82) is 0 Å². The van der Waals surface area contributed by atoms with Gasteiger partial charge in [0.1, 0.15) is 0 Å². The van der Waals surface area contributed by atoms with Crippen molar-refractivity contribution in [3.63, 3.8) is 0 Å². The van der Waals surface area contributed by atoms with Crippen molar-refractivity contribution < 1.29 is 13.2 Å². The van der Waals surface area contributed by atoms with Gasteiger partial charge in [-0.3, -0.25) is 4.79 Å². The molecule has 2 rings (SSSR count). The second kappa shape index (κ2) is 7.24. The summed E-state index contributed by atoms with van der Waals surface area (Å²) in [7, 11) is -3.46. The van der Waals surface area contributed by atoms with Crippen LogP contribution in [0.5, 0.6) is 0 Å². The van der Waals surface area contributed by atoms with Crippen LogP contribution in [0.15, 0.2) is 29.2 Å². The van der Waals surface area contributed by atoms with Crippen LogP contribution in [0.25, 0.3) is 0 Å². The van der Waals surface area contributed by atoms with Crippen molar-refractivity contribution in [2.45, 2.75) is 36.8 Å². The molecular weight excluding hydrogens is 300 g/mol. The Morgan fingerprint density at radius 3 is 2.73 bits per heavy atom. The van der Waals surface area contributed by atoms with Crippen molar-refractivity contribution in [3.8, 4) is 0 Å². The fourth-order valence-electron chi connectivity index (χ4n) is 2.60. The number of hydrogen-bond donors (Lipinski definition) is 2. The summed E-state index contributed by atoms with van der Waals surface area (Å²) in [5, 5.41) is 5.59. The molecule has 1 saturated heterocycles. The summed E-state index contributed by atoms with van der Waals surface area (Å²) in [6.45, 7) is 5.84. The molecule has 22 heavy (non-hydrogen) atoms. The van der Waals surface area contributed by atoms with E-state index in [1.807, 2.05) is 0 Å². The summed E-state index contributed by atoms with van der Waals surface area (Å²) in [6, 6.07) is 6.41. The number of rotatable bonds is 6. The van der Waals surface area contributed by atoms with Gasteiger partial charge in [0.25, 0.3) is 5.91 Å². The molecule has 1 aromatic carbocycles. The van der Waals surface area contributed by atoms with E-state index in [2.05, 4.69) is 10.6 Å². The minimum atomic E-state index is -3.46. The molecule has 0 aromatic heterocycles. The SMILES string of the molecule is CC(C)S(=O)(=O)c1ccccc1C(=O)NCCC1CCNC1. The maximum atomic E-state index is 12.4. The van der Waals surface area contributed by atoms with Gasteiger partial charge in [0.2, 0.25) is 0 Å². The van der Waals surface area contributed by atoms with E-state index in [4.69, 9.17) is 0 Å². The lowest BCUT2D eigenvalue weighted by atomic mass is 10.1. The van der Waals surface area contributed by atoms with Crippen LogP contribution in [0.4, 0.5) is 0 Å². The lowest BCUT2D eigenvalue weighted by molar-refractivity contribution is 0.0948. The Bertz CT molecular complexity index is 620. The number of hydrogen-bond acceptors (Lipinski definition) is 4. The molecule has 1 fully saturated rings. The van der Waals surface area contributed by atoms with Gasteiger partial charge < -0.3 is 10.6 Å². The second-order valence-corrected chi connectivity index (χ2v) is 8.47. The average molecular weight is 324 g/mol. The van der Waals surface area contributed by atoms with Gasteiger partial charge in [-0.1, -0.05) is 12.1 Å². The molecule has 2 N–H and O–H groups in total. The zero-order valence-corrected chi connectivity index (χ0v) is 13.9. The Labute approximate surface area is 132 Å². The monoisotopic (exact) mass is 324 g/mol. The molecule has 0 radical (unpaired) electrons. The van der Waals surface area contributed by atoms with Gasteiger partial charge in [-0.25, -0.2) is 8.42 Å². The van der Waals surface area contributed by atoms with Crippen LogP contribution in [0.1, 0.15) is 37.0 Å². The summed E-state index contributed by atoms with van der Waals surface area (Å²) in [5.41, 5.74) is 0.237. The lowest BCUT2D eigenvalue weighted by Crippen LogP contribution is -2.28. The van der Waals surface area contributed by atoms with Crippen molar-refractivity contribution in [2.24, 2.45) is 5.92 Å². The molecule has 0 aliphatic carbocycles. The van der Waals surface area contributed by atoms with Crippen molar-refractivity contribution in [2.75, 3.05) is 19.6 Å². The Morgan fingerprint density at radius 1 is 1.36 bits per heavy atom. The molecule has 1 aromatic rings. The van der Waals surface area contributed by atoms with Crippen molar-refractivity contribution >= 4 is 15.7 Å². The minimum absolute atomic E-state index is 0.116. The van der Waals surface area contributed by atoms with Gasteiger partial charge in [0, 0.05) is 6.54 Å². The molecule has 1 aliphatic rings. The smallest absolute Gasteiger partial charge is 0.252 e. The standard InChI is InChI=1S/C16H24N2O3S/c1-12(2)22(20,21)15-6-4-3-5-14(15)16(19)18-10-8-13-7-9-17-11-13/h3-6,12-13,17H,7-11H2,1-2H3,(H,18,19). The minimum Gasteiger partial charge on any atom is -0.352 e. The van der Waals surface area contributed by atoms with Crippen LogP contribution >= 0.6 is 0 Å². The van der Waals surface area contributed by atoms with E-state index in [1.54, 1.807) is 32.0 Å². The molecule has 1 heterocycles. The number of nitrogens with one attached hydrogen (secondary N) is 2. The summed E-state index contributed by atoms with van der Waals surface area (Å²) < 4.78 is 24.7.